The van der Waals surface area contributed by atoms with E-state index < -0.39 is 0 Å². The first-order valence-electron chi connectivity index (χ1n) is 2.65. The second-order valence-electron chi connectivity index (χ2n) is 1.27. The number of imidazole rings is 1. The molecule has 60 valence electrons. The molecule has 1 heterocycles. The quantitative estimate of drug-likeness (QED) is 0.559. The van der Waals surface area contributed by atoms with Gasteiger partial charge < -0.3 is 10.7 Å². The molecule has 10 heavy (non-hydrogen) atoms. The molecular formula is C5H12ClN3S. The van der Waals surface area contributed by atoms with Crippen molar-refractivity contribution < 1.29 is 0 Å². The number of hydrogen-bond donors (Lipinski definition) is 3. The van der Waals surface area contributed by atoms with Gasteiger partial charge in [-0.15, -0.1) is 12.4 Å². The Balaban J connectivity index is 0. The van der Waals surface area contributed by atoms with Crippen LogP contribution in [0.5, 0.6) is 0 Å². The van der Waals surface area contributed by atoms with Crippen molar-refractivity contribution >= 4 is 25.0 Å². The molecule has 0 aromatic carbocycles. The lowest BCUT2D eigenvalue weighted by Crippen LogP contribution is -1.97. The summed E-state index contributed by atoms with van der Waals surface area (Å²) in [6.45, 7) is 0.684. The molecular weight excluding hydrogens is 170 g/mol. The molecule has 0 saturated heterocycles. The van der Waals surface area contributed by atoms with Gasteiger partial charge in [0.25, 0.3) is 0 Å². The lowest BCUT2D eigenvalue weighted by molar-refractivity contribution is 1.16. The van der Waals surface area contributed by atoms with Crippen LogP contribution in [-0.2, 0) is 0 Å². The fourth-order valence-corrected chi connectivity index (χ4v) is 0.215. The van der Waals surface area contributed by atoms with Gasteiger partial charge in [-0.05, 0) is 0 Å². The van der Waals surface area contributed by atoms with Gasteiger partial charge in [-0.25, -0.2) is 4.98 Å². The molecule has 1 rings (SSSR count). The summed E-state index contributed by atoms with van der Waals surface area (Å²) in [5.74, 6) is 0.792. The predicted molar refractivity (Wildman–Crippen MR) is 48.7 cm³/mol. The van der Waals surface area contributed by atoms with Crippen LogP contribution in [0.15, 0.2) is 18.7 Å². The van der Waals surface area contributed by atoms with E-state index in [-0.39, 0.29) is 12.4 Å². The number of hydrogen-bond acceptors (Lipinski definition) is 3. The first-order valence-corrected chi connectivity index (χ1v) is 3.28. The Morgan fingerprint density at radius 3 is 2.30 bits per heavy atom. The van der Waals surface area contributed by atoms with Crippen LogP contribution in [0.2, 0.25) is 0 Å². The average Bonchev–Trinajstić information content (AvgIpc) is 2.43. The molecule has 0 spiro atoms. The van der Waals surface area contributed by atoms with Crippen molar-refractivity contribution in [2.45, 2.75) is 0 Å². The number of halogens is 1. The Hall–Kier alpha value is -0.190. The van der Waals surface area contributed by atoms with Crippen LogP contribution in [-0.4, -0.2) is 22.3 Å². The van der Waals surface area contributed by atoms with Gasteiger partial charge in [0.1, 0.15) is 0 Å². The lowest BCUT2D eigenvalue weighted by atomic mass is 10.8. The van der Waals surface area contributed by atoms with Gasteiger partial charge in [-0.3, -0.25) is 0 Å². The molecule has 0 radical (unpaired) electrons. The number of nitrogens with zero attached hydrogens (tertiary/aromatic N) is 1. The number of aromatic nitrogens is 2. The molecule has 0 unspecified atom stereocenters. The second-order valence-corrected chi connectivity index (χ2v) is 1.72. The monoisotopic (exact) mass is 181 g/mol. The van der Waals surface area contributed by atoms with Crippen LogP contribution in [0.1, 0.15) is 0 Å². The molecule has 1 aromatic rings. The average molecular weight is 182 g/mol. The van der Waals surface area contributed by atoms with E-state index in [4.69, 9.17) is 5.73 Å². The smallest absolute Gasteiger partial charge is 0.0919 e. The molecule has 0 aliphatic rings. The fourth-order valence-electron chi connectivity index (χ4n) is 0.215. The normalized spacial score (nSPS) is 7.00. The van der Waals surface area contributed by atoms with Crippen LogP contribution < -0.4 is 5.73 Å². The van der Waals surface area contributed by atoms with Crippen molar-refractivity contribution in [1.29, 1.82) is 0 Å². The highest BCUT2D eigenvalue weighted by Gasteiger charge is 1.56. The zero-order valence-corrected chi connectivity index (χ0v) is 7.24. The van der Waals surface area contributed by atoms with E-state index in [9.17, 15) is 0 Å². The molecule has 0 bridgehead atoms. The maximum atomic E-state index is 4.95. The molecule has 1 aromatic heterocycles. The SMILES string of the molecule is Cl.NCCS.c1c[nH]cn1. The molecule has 0 aliphatic heterocycles. The highest BCUT2D eigenvalue weighted by Crippen LogP contribution is 1.62. The largest absolute Gasteiger partial charge is 0.351 e. The van der Waals surface area contributed by atoms with Crippen molar-refractivity contribution in [3.8, 4) is 0 Å². The van der Waals surface area contributed by atoms with E-state index in [0.29, 0.717) is 6.54 Å². The third-order valence-corrected chi connectivity index (χ3v) is 0.793. The van der Waals surface area contributed by atoms with Gasteiger partial charge in [0, 0.05) is 24.7 Å². The minimum Gasteiger partial charge on any atom is -0.351 e. The van der Waals surface area contributed by atoms with E-state index in [1.54, 1.807) is 18.7 Å². The Kier molecular flexibility index (Phi) is 14.5. The summed E-state index contributed by atoms with van der Waals surface area (Å²) in [5, 5.41) is 0. The van der Waals surface area contributed by atoms with E-state index in [2.05, 4.69) is 22.6 Å². The molecule has 3 N–H and O–H groups in total. The summed E-state index contributed by atoms with van der Waals surface area (Å²) >= 11 is 3.80. The number of aromatic amines is 1. The van der Waals surface area contributed by atoms with Crippen molar-refractivity contribution in [2.75, 3.05) is 12.3 Å². The molecule has 3 nitrogen and oxygen atoms in total. The van der Waals surface area contributed by atoms with Crippen LogP contribution in [0.3, 0.4) is 0 Å². The maximum absolute atomic E-state index is 4.95. The molecule has 0 fully saturated rings. The van der Waals surface area contributed by atoms with Crippen molar-refractivity contribution in [3.63, 3.8) is 0 Å². The van der Waals surface area contributed by atoms with E-state index in [0.717, 1.165) is 5.75 Å². The standard InChI is InChI=1S/C3H4N2.C2H7NS.ClH/c1-2-5-3-4-1;3-1-2-4;/h1-3H,(H,4,5);4H,1-3H2;1H. The minimum atomic E-state index is 0. The maximum Gasteiger partial charge on any atom is 0.0919 e. The molecule has 0 atom stereocenters. The van der Waals surface area contributed by atoms with E-state index in [1.807, 2.05) is 0 Å². The number of nitrogens with two attached hydrogens (primary N) is 1. The number of rotatable bonds is 1. The van der Waals surface area contributed by atoms with Gasteiger partial charge in [0.15, 0.2) is 0 Å². The summed E-state index contributed by atoms with van der Waals surface area (Å²) in [5.41, 5.74) is 4.95. The summed E-state index contributed by atoms with van der Waals surface area (Å²) in [7, 11) is 0. The Morgan fingerprint density at radius 2 is 2.20 bits per heavy atom. The van der Waals surface area contributed by atoms with E-state index >= 15 is 0 Å². The number of nitrogens with one attached hydrogen (secondary N) is 1. The van der Waals surface area contributed by atoms with Crippen molar-refractivity contribution in [2.24, 2.45) is 5.73 Å². The first kappa shape index (κ1) is 12.5. The van der Waals surface area contributed by atoms with E-state index in [1.165, 1.54) is 0 Å². The zero-order valence-electron chi connectivity index (χ0n) is 5.53. The van der Waals surface area contributed by atoms with Gasteiger partial charge in [0.2, 0.25) is 0 Å². The summed E-state index contributed by atoms with van der Waals surface area (Å²) in [6, 6.07) is 0. The molecule has 0 aliphatic carbocycles. The first-order chi connectivity index (χ1) is 4.41. The van der Waals surface area contributed by atoms with Crippen LogP contribution in [0.4, 0.5) is 0 Å². The highest BCUT2D eigenvalue weighted by atomic mass is 35.5. The lowest BCUT2D eigenvalue weighted by Gasteiger charge is -1.69. The predicted octanol–water partition coefficient (Wildman–Crippen LogP) is 0.706. The second kappa shape index (κ2) is 11.6. The molecule has 5 heteroatoms. The third kappa shape index (κ3) is 10.7. The third-order valence-electron chi connectivity index (χ3n) is 0.535. The van der Waals surface area contributed by atoms with Crippen LogP contribution in [0.25, 0.3) is 0 Å². The van der Waals surface area contributed by atoms with Crippen LogP contribution in [0, 0.1) is 0 Å². The Morgan fingerprint density at radius 1 is 1.60 bits per heavy atom. The number of thiol groups is 1. The fraction of sp³-hybridized carbons (Fsp3) is 0.400. The topological polar surface area (TPSA) is 54.7 Å². The van der Waals surface area contributed by atoms with Gasteiger partial charge in [-0.2, -0.15) is 12.6 Å². The van der Waals surface area contributed by atoms with Gasteiger partial charge >= 0.3 is 0 Å². The molecule has 0 saturated carbocycles. The Labute approximate surface area is 72.2 Å². The Bertz CT molecular complexity index is 92.4. The molecule has 0 amide bonds. The highest BCUT2D eigenvalue weighted by molar-refractivity contribution is 7.80. The van der Waals surface area contributed by atoms with Gasteiger partial charge in [-0.1, -0.05) is 0 Å². The van der Waals surface area contributed by atoms with Crippen molar-refractivity contribution in [3.05, 3.63) is 18.7 Å². The summed E-state index contributed by atoms with van der Waals surface area (Å²) in [6.07, 6.45) is 5.08. The van der Waals surface area contributed by atoms with Gasteiger partial charge in [0.05, 0.1) is 6.33 Å². The van der Waals surface area contributed by atoms with Crippen molar-refractivity contribution in [1.82, 2.24) is 9.97 Å². The zero-order chi connectivity index (χ0) is 6.95. The minimum absolute atomic E-state index is 0. The van der Waals surface area contributed by atoms with Crippen LogP contribution >= 0.6 is 25.0 Å². The number of H-pyrrole nitrogens is 1. The summed E-state index contributed by atoms with van der Waals surface area (Å²) < 4.78 is 0. The summed E-state index contributed by atoms with van der Waals surface area (Å²) in [4.78, 5) is 6.42.